The molecule has 2 aromatic rings. The number of hydrogen-bond donors (Lipinski definition) is 1. The number of ether oxygens (including phenoxy) is 1. The Hall–Kier alpha value is -2.29. The topological polar surface area (TPSA) is 92.8 Å². The SMILES string of the molecule is CN(C(=O)COC(=O)c1cc(S(=O)(=O)Nc2ccc(Cl)cc2)ccc1Cl)C1CCCCC1. The van der Waals surface area contributed by atoms with Gasteiger partial charge in [-0.1, -0.05) is 42.5 Å². The van der Waals surface area contributed by atoms with E-state index in [4.69, 9.17) is 27.9 Å². The Balaban J connectivity index is 1.68. The summed E-state index contributed by atoms with van der Waals surface area (Å²) in [5.74, 6) is -1.18. The van der Waals surface area contributed by atoms with Crippen molar-refractivity contribution in [3.05, 3.63) is 58.1 Å². The maximum absolute atomic E-state index is 12.7. The fourth-order valence-electron chi connectivity index (χ4n) is 3.54. The van der Waals surface area contributed by atoms with Crippen molar-refractivity contribution >= 4 is 50.8 Å². The minimum atomic E-state index is -3.99. The molecule has 10 heteroatoms. The second-order valence-corrected chi connectivity index (χ2v) is 10.2. The lowest BCUT2D eigenvalue weighted by atomic mass is 9.94. The molecule has 1 saturated carbocycles. The van der Waals surface area contributed by atoms with Gasteiger partial charge in [0.2, 0.25) is 0 Å². The van der Waals surface area contributed by atoms with E-state index in [0.717, 1.165) is 38.2 Å². The molecule has 1 aliphatic carbocycles. The van der Waals surface area contributed by atoms with E-state index in [0.29, 0.717) is 10.7 Å². The molecule has 0 aliphatic heterocycles. The maximum atomic E-state index is 12.7. The van der Waals surface area contributed by atoms with Crippen molar-refractivity contribution in [1.82, 2.24) is 4.90 Å². The third-order valence-corrected chi connectivity index (χ3v) is 7.37. The Morgan fingerprint density at radius 2 is 1.72 bits per heavy atom. The summed E-state index contributed by atoms with van der Waals surface area (Å²) in [5.41, 5.74) is 0.170. The lowest BCUT2D eigenvalue weighted by Crippen LogP contribution is -2.40. The van der Waals surface area contributed by atoms with Crippen LogP contribution in [-0.2, 0) is 19.6 Å². The Labute approximate surface area is 197 Å². The fraction of sp³-hybridized carbons (Fsp3) is 0.364. The number of rotatable bonds is 7. The summed E-state index contributed by atoms with van der Waals surface area (Å²) in [6.45, 7) is -0.442. The van der Waals surface area contributed by atoms with Crippen molar-refractivity contribution in [1.29, 1.82) is 0 Å². The number of carbonyl (C=O) groups is 2. The molecule has 7 nitrogen and oxygen atoms in total. The van der Waals surface area contributed by atoms with Gasteiger partial charge in [-0.15, -0.1) is 0 Å². The summed E-state index contributed by atoms with van der Waals surface area (Å²) in [6.07, 6.45) is 5.18. The molecule has 0 heterocycles. The number of nitrogens with zero attached hydrogens (tertiary/aromatic N) is 1. The zero-order valence-electron chi connectivity index (χ0n) is 17.5. The first kappa shape index (κ1) is 24.4. The van der Waals surface area contributed by atoms with E-state index in [1.807, 2.05) is 0 Å². The van der Waals surface area contributed by atoms with Crippen LogP contribution < -0.4 is 4.72 Å². The van der Waals surface area contributed by atoms with Gasteiger partial charge in [0.15, 0.2) is 6.61 Å². The van der Waals surface area contributed by atoms with Gasteiger partial charge < -0.3 is 9.64 Å². The molecule has 172 valence electrons. The Morgan fingerprint density at radius 3 is 2.38 bits per heavy atom. The first-order chi connectivity index (χ1) is 15.2. The number of benzene rings is 2. The van der Waals surface area contributed by atoms with Gasteiger partial charge in [-0.25, -0.2) is 13.2 Å². The van der Waals surface area contributed by atoms with Gasteiger partial charge in [-0.2, -0.15) is 0 Å². The van der Waals surface area contributed by atoms with Crippen molar-refractivity contribution in [2.24, 2.45) is 0 Å². The minimum absolute atomic E-state index is 0.0218. The summed E-state index contributed by atoms with van der Waals surface area (Å²) in [4.78, 5) is 26.4. The Kier molecular flexibility index (Phi) is 8.03. The molecule has 0 atom stereocenters. The lowest BCUT2D eigenvalue weighted by Gasteiger charge is -2.31. The van der Waals surface area contributed by atoms with Crippen LogP contribution in [0.3, 0.4) is 0 Å². The standard InChI is InChI=1S/C22H24Cl2N2O5S/c1-26(17-5-3-2-4-6-17)21(27)14-31-22(28)19-13-18(11-12-20(19)24)32(29,30)25-16-9-7-15(23)8-10-16/h7-13,17,25H,2-6,14H2,1H3. The van der Waals surface area contributed by atoms with Crippen LogP contribution in [0.2, 0.25) is 10.0 Å². The second-order valence-electron chi connectivity index (χ2n) is 7.63. The van der Waals surface area contributed by atoms with E-state index in [1.165, 1.54) is 24.3 Å². The van der Waals surface area contributed by atoms with E-state index in [2.05, 4.69) is 4.72 Å². The van der Waals surface area contributed by atoms with Crippen LogP contribution in [0.5, 0.6) is 0 Å². The van der Waals surface area contributed by atoms with Gasteiger partial charge in [-0.3, -0.25) is 9.52 Å². The molecule has 0 bridgehead atoms. The molecule has 0 aromatic heterocycles. The van der Waals surface area contributed by atoms with Crippen molar-refractivity contribution < 1.29 is 22.7 Å². The second kappa shape index (κ2) is 10.6. The number of anilines is 1. The van der Waals surface area contributed by atoms with Crippen LogP contribution in [0.25, 0.3) is 0 Å². The van der Waals surface area contributed by atoms with Gasteiger partial charge in [0.1, 0.15) is 0 Å². The zero-order valence-corrected chi connectivity index (χ0v) is 19.8. The highest BCUT2D eigenvalue weighted by molar-refractivity contribution is 7.92. The molecule has 0 saturated heterocycles. The van der Waals surface area contributed by atoms with E-state index < -0.39 is 22.6 Å². The number of sulfonamides is 1. The lowest BCUT2D eigenvalue weighted by molar-refractivity contribution is -0.135. The molecular weight excluding hydrogens is 475 g/mol. The van der Waals surface area contributed by atoms with E-state index >= 15 is 0 Å². The van der Waals surface area contributed by atoms with Crippen molar-refractivity contribution in [3.8, 4) is 0 Å². The van der Waals surface area contributed by atoms with E-state index in [1.54, 1.807) is 24.1 Å². The third-order valence-electron chi connectivity index (χ3n) is 5.41. The molecule has 3 rings (SSSR count). The van der Waals surface area contributed by atoms with E-state index in [-0.39, 0.29) is 27.4 Å². The van der Waals surface area contributed by atoms with Gasteiger partial charge in [0.05, 0.1) is 15.5 Å². The van der Waals surface area contributed by atoms with Crippen LogP contribution in [0, 0.1) is 0 Å². The van der Waals surface area contributed by atoms with Crippen LogP contribution in [0.1, 0.15) is 42.5 Å². The van der Waals surface area contributed by atoms with E-state index in [9.17, 15) is 18.0 Å². The first-order valence-electron chi connectivity index (χ1n) is 10.2. The number of amides is 1. The summed E-state index contributed by atoms with van der Waals surface area (Å²) in [7, 11) is -2.29. The van der Waals surface area contributed by atoms with Gasteiger partial charge >= 0.3 is 5.97 Å². The predicted octanol–water partition coefficient (Wildman–Crippen LogP) is 4.74. The molecule has 32 heavy (non-hydrogen) atoms. The number of nitrogens with one attached hydrogen (secondary N) is 1. The average molecular weight is 499 g/mol. The first-order valence-corrected chi connectivity index (χ1v) is 12.4. The normalized spacial score (nSPS) is 14.6. The summed E-state index contributed by atoms with van der Waals surface area (Å²) in [5, 5.41) is 0.488. The summed E-state index contributed by atoms with van der Waals surface area (Å²) < 4.78 is 32.9. The summed E-state index contributed by atoms with van der Waals surface area (Å²) >= 11 is 11.9. The van der Waals surface area contributed by atoms with Gasteiger partial charge in [0.25, 0.3) is 15.9 Å². The average Bonchev–Trinajstić information content (AvgIpc) is 2.78. The van der Waals surface area contributed by atoms with Crippen molar-refractivity contribution in [2.45, 2.75) is 43.0 Å². The van der Waals surface area contributed by atoms with Crippen LogP contribution in [-0.4, -0.2) is 44.9 Å². The van der Waals surface area contributed by atoms with Crippen LogP contribution in [0.4, 0.5) is 5.69 Å². The largest absolute Gasteiger partial charge is 0.452 e. The highest BCUT2D eigenvalue weighted by Gasteiger charge is 2.24. The molecule has 2 aromatic carbocycles. The number of esters is 1. The molecule has 1 fully saturated rings. The minimum Gasteiger partial charge on any atom is -0.452 e. The third kappa shape index (κ3) is 6.15. The highest BCUT2D eigenvalue weighted by atomic mass is 35.5. The zero-order chi connectivity index (χ0) is 23.3. The monoisotopic (exact) mass is 498 g/mol. The molecule has 1 N–H and O–H groups in total. The smallest absolute Gasteiger partial charge is 0.340 e. The number of hydrogen-bond acceptors (Lipinski definition) is 5. The van der Waals surface area contributed by atoms with Crippen LogP contribution >= 0.6 is 23.2 Å². The van der Waals surface area contributed by atoms with Crippen molar-refractivity contribution in [3.63, 3.8) is 0 Å². The van der Waals surface area contributed by atoms with Gasteiger partial charge in [0, 0.05) is 23.8 Å². The predicted molar refractivity (Wildman–Crippen MR) is 124 cm³/mol. The van der Waals surface area contributed by atoms with Crippen molar-refractivity contribution in [2.75, 3.05) is 18.4 Å². The number of halogens is 2. The molecule has 1 aliphatic rings. The quantitative estimate of drug-likeness (QED) is 0.556. The highest BCUT2D eigenvalue weighted by Crippen LogP contribution is 2.25. The number of likely N-dealkylation sites (N-methyl/N-ethyl adjacent to an activating group) is 1. The molecule has 0 radical (unpaired) electrons. The van der Waals surface area contributed by atoms with Crippen LogP contribution in [0.15, 0.2) is 47.4 Å². The molecule has 1 amide bonds. The maximum Gasteiger partial charge on any atom is 0.340 e. The fourth-order valence-corrected chi connectivity index (χ4v) is 4.94. The molecular formula is C22H24Cl2N2O5S. The summed E-state index contributed by atoms with van der Waals surface area (Å²) in [6, 6.07) is 9.96. The van der Waals surface area contributed by atoms with Gasteiger partial charge in [-0.05, 0) is 55.3 Å². The molecule has 0 spiro atoms. The number of carbonyl (C=O) groups excluding carboxylic acids is 2. The Bertz CT molecular complexity index is 1080. The Morgan fingerprint density at radius 1 is 1.06 bits per heavy atom. The molecule has 0 unspecified atom stereocenters.